The van der Waals surface area contributed by atoms with Crippen LogP contribution in [0.3, 0.4) is 0 Å². The van der Waals surface area contributed by atoms with Crippen molar-refractivity contribution in [1.82, 2.24) is 0 Å². The van der Waals surface area contributed by atoms with E-state index in [1.165, 1.54) is 13.2 Å². The van der Waals surface area contributed by atoms with Crippen molar-refractivity contribution in [3.05, 3.63) is 28.2 Å². The summed E-state index contributed by atoms with van der Waals surface area (Å²) >= 11 is 3.18. The fourth-order valence-electron chi connectivity index (χ4n) is 1.36. The van der Waals surface area contributed by atoms with Crippen LogP contribution in [0.4, 0.5) is 13.2 Å². The minimum absolute atomic E-state index is 0.366. The van der Waals surface area contributed by atoms with Crippen molar-refractivity contribution in [2.24, 2.45) is 0 Å². The second-order valence-electron chi connectivity index (χ2n) is 3.56. The molecule has 0 fully saturated rings. The van der Waals surface area contributed by atoms with Crippen molar-refractivity contribution in [2.75, 3.05) is 7.11 Å². The fraction of sp³-hybridized carbons (Fsp3) is 0.455. The largest absolute Gasteiger partial charge is 0.497 e. The van der Waals surface area contributed by atoms with Gasteiger partial charge in [0.2, 0.25) is 0 Å². The molecule has 1 rings (SSSR count). The van der Waals surface area contributed by atoms with Crippen molar-refractivity contribution >= 4 is 15.9 Å². The Morgan fingerprint density at radius 3 is 2.59 bits per heavy atom. The molecule has 2 nitrogen and oxygen atoms in total. The first-order chi connectivity index (χ1) is 7.83. The van der Waals surface area contributed by atoms with Gasteiger partial charge in [-0.1, -0.05) is 15.9 Å². The minimum atomic E-state index is -4.26. The molecule has 0 aliphatic carbocycles. The maximum atomic E-state index is 12.0. The molecule has 0 saturated carbocycles. The molecule has 96 valence electrons. The van der Waals surface area contributed by atoms with Crippen LogP contribution in [0.1, 0.15) is 24.5 Å². The Morgan fingerprint density at radius 2 is 2.06 bits per heavy atom. The van der Waals surface area contributed by atoms with Gasteiger partial charge in [0.25, 0.3) is 0 Å². The van der Waals surface area contributed by atoms with Crippen LogP contribution in [0.15, 0.2) is 22.7 Å². The van der Waals surface area contributed by atoms with Crippen LogP contribution >= 0.6 is 15.9 Å². The van der Waals surface area contributed by atoms with Crippen LogP contribution in [0.2, 0.25) is 0 Å². The number of methoxy groups -OCH3 is 1. The Labute approximate surface area is 106 Å². The number of halogens is 4. The standard InChI is InChI=1S/C11H12BrF3O2/c1-17-7-2-3-9(12)8(6-7)10(16)4-5-11(13,14)15/h2-3,6,10,16H,4-5H2,1H3. The highest BCUT2D eigenvalue weighted by molar-refractivity contribution is 9.10. The van der Waals surface area contributed by atoms with Crippen molar-refractivity contribution < 1.29 is 23.0 Å². The molecule has 0 bridgehead atoms. The first-order valence-corrected chi connectivity index (χ1v) is 5.71. The third-order valence-corrected chi connectivity index (χ3v) is 2.99. The molecule has 0 aliphatic heterocycles. The number of ether oxygens (including phenoxy) is 1. The summed E-state index contributed by atoms with van der Waals surface area (Å²) in [6, 6.07) is 4.81. The molecule has 0 aromatic heterocycles. The first-order valence-electron chi connectivity index (χ1n) is 4.92. The molecule has 0 amide bonds. The monoisotopic (exact) mass is 312 g/mol. The van der Waals surface area contributed by atoms with Gasteiger partial charge in [0, 0.05) is 10.9 Å². The van der Waals surface area contributed by atoms with E-state index in [-0.39, 0.29) is 6.42 Å². The second kappa shape index (κ2) is 5.73. The topological polar surface area (TPSA) is 29.5 Å². The van der Waals surface area contributed by atoms with E-state index in [1.54, 1.807) is 12.1 Å². The Morgan fingerprint density at radius 1 is 1.41 bits per heavy atom. The van der Waals surface area contributed by atoms with Gasteiger partial charge in [-0.3, -0.25) is 0 Å². The minimum Gasteiger partial charge on any atom is -0.497 e. The summed E-state index contributed by atoms with van der Waals surface area (Å²) in [5.41, 5.74) is 0.397. The third-order valence-electron chi connectivity index (χ3n) is 2.26. The van der Waals surface area contributed by atoms with E-state index < -0.39 is 18.7 Å². The van der Waals surface area contributed by atoms with Gasteiger partial charge in [-0.2, -0.15) is 13.2 Å². The summed E-state index contributed by atoms with van der Waals surface area (Å²) in [6.07, 6.45) is -6.81. The molecular weight excluding hydrogens is 301 g/mol. The molecule has 0 heterocycles. The highest BCUT2D eigenvalue weighted by Gasteiger charge is 2.28. The van der Waals surface area contributed by atoms with Gasteiger partial charge in [0.05, 0.1) is 13.2 Å². The first kappa shape index (κ1) is 14.3. The maximum Gasteiger partial charge on any atom is 0.389 e. The average Bonchev–Trinajstić information content (AvgIpc) is 2.25. The molecule has 17 heavy (non-hydrogen) atoms. The zero-order valence-electron chi connectivity index (χ0n) is 9.09. The smallest absolute Gasteiger partial charge is 0.389 e. The lowest BCUT2D eigenvalue weighted by molar-refractivity contribution is -0.140. The lowest BCUT2D eigenvalue weighted by Crippen LogP contribution is -2.10. The Balaban J connectivity index is 2.77. The van der Waals surface area contributed by atoms with Gasteiger partial charge in [-0.25, -0.2) is 0 Å². The highest BCUT2D eigenvalue weighted by Crippen LogP contribution is 2.32. The average molecular weight is 313 g/mol. The number of hydrogen-bond donors (Lipinski definition) is 1. The van der Waals surface area contributed by atoms with E-state index in [0.29, 0.717) is 15.8 Å². The Hall–Kier alpha value is -0.750. The molecule has 1 aromatic carbocycles. The Bertz CT molecular complexity index is 379. The van der Waals surface area contributed by atoms with Crippen molar-refractivity contribution in [3.63, 3.8) is 0 Å². The molecule has 1 atom stereocenters. The van der Waals surface area contributed by atoms with Crippen LogP contribution < -0.4 is 4.74 Å². The summed E-state index contributed by atoms with van der Waals surface area (Å²) in [7, 11) is 1.45. The summed E-state index contributed by atoms with van der Waals surface area (Å²) in [4.78, 5) is 0. The van der Waals surface area contributed by atoms with Gasteiger partial charge in [-0.15, -0.1) is 0 Å². The van der Waals surface area contributed by atoms with Crippen LogP contribution in [0, 0.1) is 0 Å². The van der Waals surface area contributed by atoms with Crippen LogP contribution in [0.5, 0.6) is 5.75 Å². The zero-order valence-corrected chi connectivity index (χ0v) is 10.7. The van der Waals surface area contributed by atoms with E-state index in [9.17, 15) is 18.3 Å². The fourth-order valence-corrected chi connectivity index (χ4v) is 1.87. The van der Waals surface area contributed by atoms with Crippen molar-refractivity contribution in [3.8, 4) is 5.75 Å². The van der Waals surface area contributed by atoms with E-state index in [0.717, 1.165) is 0 Å². The zero-order chi connectivity index (χ0) is 13.1. The molecule has 1 unspecified atom stereocenters. The Kier molecular flexibility index (Phi) is 4.82. The predicted octanol–water partition coefficient (Wildman–Crippen LogP) is 3.83. The number of hydrogen-bond acceptors (Lipinski definition) is 2. The molecule has 1 aromatic rings. The lowest BCUT2D eigenvalue weighted by atomic mass is 10.0. The van der Waals surface area contributed by atoms with E-state index in [1.807, 2.05) is 0 Å². The third kappa shape index (κ3) is 4.55. The van der Waals surface area contributed by atoms with Crippen molar-refractivity contribution in [2.45, 2.75) is 25.1 Å². The summed E-state index contributed by atoms with van der Waals surface area (Å²) in [5.74, 6) is 0.495. The van der Waals surface area contributed by atoms with E-state index in [2.05, 4.69) is 15.9 Å². The van der Waals surface area contributed by atoms with Gasteiger partial charge >= 0.3 is 6.18 Å². The van der Waals surface area contributed by atoms with Gasteiger partial charge in [0.15, 0.2) is 0 Å². The number of aliphatic hydroxyl groups is 1. The predicted molar refractivity (Wildman–Crippen MR) is 60.9 cm³/mol. The van der Waals surface area contributed by atoms with Crippen LogP contribution in [-0.4, -0.2) is 18.4 Å². The maximum absolute atomic E-state index is 12.0. The normalized spacial score (nSPS) is 13.5. The molecule has 0 spiro atoms. The summed E-state index contributed by atoms with van der Waals surface area (Å²) < 4.78 is 41.6. The van der Waals surface area contributed by atoms with Gasteiger partial charge in [0.1, 0.15) is 5.75 Å². The van der Waals surface area contributed by atoms with Crippen LogP contribution in [0.25, 0.3) is 0 Å². The molecule has 0 radical (unpaired) electrons. The summed E-state index contributed by atoms with van der Waals surface area (Å²) in [6.45, 7) is 0. The number of benzene rings is 1. The molecule has 6 heteroatoms. The van der Waals surface area contributed by atoms with E-state index >= 15 is 0 Å². The number of aliphatic hydroxyl groups excluding tert-OH is 1. The lowest BCUT2D eigenvalue weighted by Gasteiger charge is -2.15. The molecule has 0 saturated heterocycles. The van der Waals surface area contributed by atoms with E-state index in [4.69, 9.17) is 4.74 Å². The quantitative estimate of drug-likeness (QED) is 0.915. The van der Waals surface area contributed by atoms with Gasteiger partial charge in [-0.05, 0) is 30.2 Å². The highest BCUT2D eigenvalue weighted by atomic mass is 79.9. The van der Waals surface area contributed by atoms with Crippen LogP contribution in [-0.2, 0) is 0 Å². The molecule has 1 N–H and O–H groups in total. The van der Waals surface area contributed by atoms with Gasteiger partial charge < -0.3 is 9.84 Å². The second-order valence-corrected chi connectivity index (χ2v) is 4.41. The number of alkyl halides is 3. The molecule has 0 aliphatic rings. The SMILES string of the molecule is COc1ccc(Br)c(C(O)CCC(F)(F)F)c1. The number of rotatable bonds is 4. The van der Waals surface area contributed by atoms with Crippen molar-refractivity contribution in [1.29, 1.82) is 0 Å². The molecular formula is C11H12BrF3O2. The summed E-state index contributed by atoms with van der Waals surface area (Å²) in [5, 5.41) is 9.70.